The van der Waals surface area contributed by atoms with Gasteiger partial charge in [-0.3, -0.25) is 4.79 Å². The largest absolute Gasteiger partial charge is 0.481 e. The molecule has 0 aliphatic heterocycles. The molecule has 0 aromatic carbocycles. The summed E-state index contributed by atoms with van der Waals surface area (Å²) < 4.78 is 0. The molecule has 3 nitrogen and oxygen atoms in total. The number of rotatable bonds is 5. The zero-order valence-corrected chi connectivity index (χ0v) is 11.6. The fourth-order valence-electron chi connectivity index (χ4n) is 3.55. The van der Waals surface area contributed by atoms with Crippen LogP contribution in [0.3, 0.4) is 0 Å². The van der Waals surface area contributed by atoms with Crippen LogP contribution in [0.5, 0.6) is 0 Å². The Labute approximate surface area is 105 Å². The van der Waals surface area contributed by atoms with Crippen molar-refractivity contribution in [2.45, 2.75) is 47.0 Å². The smallest absolute Gasteiger partial charge is 0.303 e. The third kappa shape index (κ3) is 3.21. The number of carboxylic acids is 1. The average molecular weight is 241 g/mol. The first kappa shape index (κ1) is 14.5. The fraction of sp³-hybridized carbons (Fsp3) is 0.929. The zero-order chi connectivity index (χ0) is 13.2. The average Bonchev–Trinajstić information content (AvgIpc) is 2.57. The summed E-state index contributed by atoms with van der Waals surface area (Å²) in [6, 6.07) is 0. The van der Waals surface area contributed by atoms with Crippen LogP contribution in [-0.4, -0.2) is 17.6 Å². The van der Waals surface area contributed by atoms with Crippen LogP contribution in [0.15, 0.2) is 0 Å². The second-order valence-electron chi connectivity index (χ2n) is 6.50. The number of hydrogen-bond donors (Lipinski definition) is 2. The summed E-state index contributed by atoms with van der Waals surface area (Å²) in [5.41, 5.74) is 5.72. The van der Waals surface area contributed by atoms with E-state index in [0.717, 1.165) is 12.8 Å². The number of carboxylic acid groups (broad SMARTS) is 1. The molecule has 100 valence electrons. The lowest BCUT2D eigenvalue weighted by atomic mass is 9.80. The van der Waals surface area contributed by atoms with Crippen LogP contribution >= 0.6 is 0 Å². The second-order valence-corrected chi connectivity index (χ2v) is 6.50. The van der Waals surface area contributed by atoms with E-state index in [1.807, 2.05) is 0 Å². The molecule has 0 unspecified atom stereocenters. The van der Waals surface area contributed by atoms with E-state index >= 15 is 0 Å². The highest BCUT2D eigenvalue weighted by Crippen LogP contribution is 2.52. The summed E-state index contributed by atoms with van der Waals surface area (Å²) in [5.74, 6) is 1.77. The van der Waals surface area contributed by atoms with E-state index in [2.05, 4.69) is 27.7 Å². The second kappa shape index (κ2) is 5.38. The van der Waals surface area contributed by atoms with Gasteiger partial charge in [-0.05, 0) is 48.5 Å². The predicted octanol–water partition coefficient (Wildman–Crippen LogP) is 2.74. The van der Waals surface area contributed by atoms with Crippen molar-refractivity contribution in [3.63, 3.8) is 0 Å². The zero-order valence-electron chi connectivity index (χ0n) is 11.6. The fourth-order valence-corrected chi connectivity index (χ4v) is 3.55. The molecule has 1 aliphatic rings. The van der Waals surface area contributed by atoms with Gasteiger partial charge in [0.05, 0.1) is 6.42 Å². The van der Waals surface area contributed by atoms with E-state index in [9.17, 15) is 4.79 Å². The minimum Gasteiger partial charge on any atom is -0.481 e. The molecule has 3 heteroatoms. The molecule has 3 N–H and O–H groups in total. The first-order valence-corrected chi connectivity index (χ1v) is 6.73. The molecule has 0 radical (unpaired) electrons. The van der Waals surface area contributed by atoms with Crippen molar-refractivity contribution in [1.82, 2.24) is 0 Å². The maximum Gasteiger partial charge on any atom is 0.303 e. The van der Waals surface area contributed by atoms with E-state index in [4.69, 9.17) is 10.8 Å². The molecule has 1 aliphatic carbocycles. The standard InChI is InChI=1S/C14H27NO2/c1-9(2)11-5-14(8-15,7-13(16)17)6-12(11)10(3)4/h9-12H,5-8,15H2,1-4H3,(H,16,17)/t11-,12-/m1/s1. The monoisotopic (exact) mass is 241 g/mol. The van der Waals surface area contributed by atoms with Gasteiger partial charge in [-0.15, -0.1) is 0 Å². The molecule has 0 bridgehead atoms. The number of hydrogen-bond acceptors (Lipinski definition) is 2. The van der Waals surface area contributed by atoms with Gasteiger partial charge in [-0.2, -0.15) is 0 Å². The van der Waals surface area contributed by atoms with E-state index < -0.39 is 5.97 Å². The number of carbonyl (C=O) groups is 1. The molecule has 0 aromatic heterocycles. The number of nitrogens with two attached hydrogens (primary N) is 1. The van der Waals surface area contributed by atoms with Gasteiger partial charge >= 0.3 is 5.97 Å². The first-order chi connectivity index (χ1) is 7.81. The molecule has 0 saturated heterocycles. The summed E-state index contributed by atoms with van der Waals surface area (Å²) in [7, 11) is 0. The van der Waals surface area contributed by atoms with Crippen molar-refractivity contribution < 1.29 is 9.90 Å². The van der Waals surface area contributed by atoms with Crippen LogP contribution in [0.25, 0.3) is 0 Å². The molecular formula is C14H27NO2. The molecule has 1 saturated carbocycles. The minimum absolute atomic E-state index is 0.157. The molecule has 2 atom stereocenters. The highest BCUT2D eigenvalue weighted by molar-refractivity contribution is 5.67. The Bertz CT molecular complexity index is 257. The van der Waals surface area contributed by atoms with Gasteiger partial charge in [-0.25, -0.2) is 0 Å². The maximum absolute atomic E-state index is 11.0. The van der Waals surface area contributed by atoms with E-state index in [1.165, 1.54) is 0 Å². The van der Waals surface area contributed by atoms with Crippen molar-refractivity contribution >= 4 is 5.97 Å². The summed E-state index contributed by atoms with van der Waals surface area (Å²) in [6.45, 7) is 9.48. The van der Waals surface area contributed by atoms with Gasteiger partial charge in [0.2, 0.25) is 0 Å². The van der Waals surface area contributed by atoms with Crippen LogP contribution in [-0.2, 0) is 4.79 Å². The van der Waals surface area contributed by atoms with Crippen LogP contribution < -0.4 is 5.73 Å². The lowest BCUT2D eigenvalue weighted by molar-refractivity contribution is -0.139. The van der Waals surface area contributed by atoms with Crippen LogP contribution in [0.2, 0.25) is 0 Å². The van der Waals surface area contributed by atoms with Crippen LogP contribution in [0.1, 0.15) is 47.0 Å². The lowest BCUT2D eigenvalue weighted by Crippen LogP contribution is -2.31. The third-order valence-electron chi connectivity index (χ3n) is 4.56. The van der Waals surface area contributed by atoms with E-state index in [0.29, 0.717) is 30.2 Å². The summed E-state index contributed by atoms with van der Waals surface area (Å²) >= 11 is 0. The molecule has 0 heterocycles. The highest BCUT2D eigenvalue weighted by Gasteiger charge is 2.47. The Morgan fingerprint density at radius 2 is 1.65 bits per heavy atom. The van der Waals surface area contributed by atoms with Crippen molar-refractivity contribution in [2.75, 3.05) is 6.54 Å². The van der Waals surface area contributed by atoms with Crippen molar-refractivity contribution in [3.05, 3.63) is 0 Å². The number of aliphatic carboxylic acids is 1. The highest BCUT2D eigenvalue weighted by atomic mass is 16.4. The molecule has 1 rings (SSSR count). The van der Waals surface area contributed by atoms with E-state index in [1.54, 1.807) is 0 Å². The van der Waals surface area contributed by atoms with Gasteiger partial charge in [0.1, 0.15) is 0 Å². The topological polar surface area (TPSA) is 63.3 Å². The molecule has 0 spiro atoms. The molecule has 1 fully saturated rings. The van der Waals surface area contributed by atoms with Crippen LogP contribution in [0.4, 0.5) is 0 Å². The van der Waals surface area contributed by atoms with Crippen molar-refractivity contribution in [2.24, 2.45) is 34.8 Å². The quantitative estimate of drug-likeness (QED) is 0.778. The van der Waals surface area contributed by atoms with Crippen molar-refractivity contribution in [1.29, 1.82) is 0 Å². The van der Waals surface area contributed by atoms with Gasteiger partial charge in [0.15, 0.2) is 0 Å². The molecule has 0 amide bonds. The van der Waals surface area contributed by atoms with E-state index in [-0.39, 0.29) is 11.8 Å². The van der Waals surface area contributed by atoms with Gasteiger partial charge in [-0.1, -0.05) is 27.7 Å². The summed E-state index contributed by atoms with van der Waals surface area (Å²) in [6.07, 6.45) is 2.20. The lowest BCUT2D eigenvalue weighted by Gasteiger charge is -2.26. The van der Waals surface area contributed by atoms with Gasteiger partial charge < -0.3 is 10.8 Å². The Morgan fingerprint density at radius 3 is 1.88 bits per heavy atom. The molecular weight excluding hydrogens is 214 g/mol. The summed E-state index contributed by atoms with van der Waals surface area (Å²) in [4.78, 5) is 11.0. The molecule has 17 heavy (non-hydrogen) atoms. The van der Waals surface area contributed by atoms with Crippen molar-refractivity contribution in [3.8, 4) is 0 Å². The molecule has 0 aromatic rings. The Hall–Kier alpha value is -0.570. The third-order valence-corrected chi connectivity index (χ3v) is 4.56. The Balaban J connectivity index is 2.88. The van der Waals surface area contributed by atoms with Crippen LogP contribution in [0, 0.1) is 29.1 Å². The van der Waals surface area contributed by atoms with Gasteiger partial charge in [0.25, 0.3) is 0 Å². The minimum atomic E-state index is -0.706. The predicted molar refractivity (Wildman–Crippen MR) is 69.6 cm³/mol. The Morgan fingerprint density at radius 1 is 1.24 bits per heavy atom. The normalized spacial score (nSPS) is 27.9. The Kier molecular flexibility index (Phi) is 4.59. The first-order valence-electron chi connectivity index (χ1n) is 6.73. The van der Waals surface area contributed by atoms with Gasteiger partial charge in [0, 0.05) is 0 Å². The maximum atomic E-state index is 11.0. The summed E-state index contributed by atoms with van der Waals surface area (Å²) in [5, 5.41) is 9.06. The SMILES string of the molecule is CC(C)[C@H]1CC(CN)(CC(=O)O)C[C@@H]1C(C)C.